The van der Waals surface area contributed by atoms with Crippen LogP contribution in [0, 0.1) is 0 Å². The standard InChI is InChI=1S/C18H16N2O3/c1-23-16-9-5-8-15(12-16)20-11-10-19(17(21)18(20)22)13-14-6-3-2-4-7-14/h2-12H,13H2,1H3. The van der Waals surface area contributed by atoms with Crippen LogP contribution in [0.3, 0.4) is 0 Å². The predicted octanol–water partition coefficient (Wildman–Crippen LogP) is 2.06. The van der Waals surface area contributed by atoms with Crippen molar-refractivity contribution in [1.29, 1.82) is 0 Å². The average Bonchev–Trinajstić information content (AvgIpc) is 2.60. The Morgan fingerprint density at radius 3 is 2.43 bits per heavy atom. The summed E-state index contributed by atoms with van der Waals surface area (Å²) in [6, 6.07) is 16.6. The Labute approximate surface area is 133 Å². The van der Waals surface area contributed by atoms with Crippen molar-refractivity contribution in [3.63, 3.8) is 0 Å². The molecule has 0 bridgehead atoms. The van der Waals surface area contributed by atoms with Crippen molar-refractivity contribution in [2.75, 3.05) is 7.11 Å². The van der Waals surface area contributed by atoms with Crippen LogP contribution in [0.5, 0.6) is 5.75 Å². The molecule has 1 heterocycles. The molecular formula is C18H16N2O3. The third-order valence-electron chi connectivity index (χ3n) is 3.59. The maximum absolute atomic E-state index is 12.4. The first kappa shape index (κ1) is 14.8. The van der Waals surface area contributed by atoms with Gasteiger partial charge in [0, 0.05) is 18.5 Å². The van der Waals surface area contributed by atoms with Gasteiger partial charge in [0.05, 0.1) is 19.3 Å². The number of hydrogen-bond acceptors (Lipinski definition) is 3. The van der Waals surface area contributed by atoms with E-state index in [4.69, 9.17) is 4.74 Å². The summed E-state index contributed by atoms with van der Waals surface area (Å²) < 4.78 is 7.89. The van der Waals surface area contributed by atoms with E-state index in [0.29, 0.717) is 18.0 Å². The molecule has 1 aromatic heterocycles. The summed E-state index contributed by atoms with van der Waals surface area (Å²) in [6.07, 6.45) is 3.22. The Morgan fingerprint density at radius 1 is 0.913 bits per heavy atom. The number of methoxy groups -OCH3 is 1. The highest BCUT2D eigenvalue weighted by Gasteiger charge is 2.07. The molecule has 0 saturated carbocycles. The van der Waals surface area contributed by atoms with E-state index in [2.05, 4.69) is 0 Å². The second kappa shape index (κ2) is 6.36. The van der Waals surface area contributed by atoms with Crippen LogP contribution in [-0.4, -0.2) is 16.2 Å². The Kier molecular flexibility index (Phi) is 4.10. The van der Waals surface area contributed by atoms with Crippen molar-refractivity contribution < 1.29 is 4.74 Å². The van der Waals surface area contributed by atoms with E-state index in [9.17, 15) is 9.59 Å². The molecule has 0 fully saturated rings. The van der Waals surface area contributed by atoms with Crippen LogP contribution in [-0.2, 0) is 6.54 Å². The van der Waals surface area contributed by atoms with E-state index in [-0.39, 0.29) is 0 Å². The first-order chi connectivity index (χ1) is 11.2. The van der Waals surface area contributed by atoms with Gasteiger partial charge in [-0.3, -0.25) is 14.2 Å². The highest BCUT2D eigenvalue weighted by atomic mass is 16.5. The Morgan fingerprint density at radius 2 is 1.70 bits per heavy atom. The number of nitrogens with zero attached hydrogens (tertiary/aromatic N) is 2. The lowest BCUT2D eigenvalue weighted by Crippen LogP contribution is -2.40. The van der Waals surface area contributed by atoms with Gasteiger partial charge < -0.3 is 9.30 Å². The smallest absolute Gasteiger partial charge is 0.320 e. The summed E-state index contributed by atoms with van der Waals surface area (Å²) >= 11 is 0. The molecule has 0 N–H and O–H groups in total. The maximum Gasteiger partial charge on any atom is 0.320 e. The largest absolute Gasteiger partial charge is 0.497 e. The summed E-state index contributed by atoms with van der Waals surface area (Å²) in [6.45, 7) is 0.369. The lowest BCUT2D eigenvalue weighted by Gasteiger charge is -2.10. The zero-order valence-corrected chi connectivity index (χ0v) is 12.7. The van der Waals surface area contributed by atoms with Crippen LogP contribution in [0.25, 0.3) is 5.69 Å². The van der Waals surface area contributed by atoms with Crippen LogP contribution >= 0.6 is 0 Å². The molecule has 0 unspecified atom stereocenters. The number of ether oxygens (including phenoxy) is 1. The van der Waals surface area contributed by atoms with Crippen molar-refractivity contribution in [1.82, 2.24) is 9.13 Å². The fourth-order valence-corrected chi connectivity index (χ4v) is 2.38. The SMILES string of the molecule is COc1cccc(-n2ccn(Cc3ccccc3)c(=O)c2=O)c1. The van der Waals surface area contributed by atoms with Gasteiger partial charge in [-0.2, -0.15) is 0 Å². The molecular weight excluding hydrogens is 292 g/mol. The van der Waals surface area contributed by atoms with Gasteiger partial charge in [0.15, 0.2) is 0 Å². The molecule has 0 atom stereocenters. The summed E-state index contributed by atoms with van der Waals surface area (Å²) in [5, 5.41) is 0. The molecule has 0 spiro atoms. The minimum Gasteiger partial charge on any atom is -0.497 e. The van der Waals surface area contributed by atoms with Crippen LogP contribution in [0.1, 0.15) is 5.56 Å². The molecule has 3 rings (SSSR count). The van der Waals surface area contributed by atoms with E-state index in [1.165, 1.54) is 9.13 Å². The van der Waals surface area contributed by atoms with Gasteiger partial charge in [0.25, 0.3) is 0 Å². The predicted molar refractivity (Wildman–Crippen MR) is 88.4 cm³/mol. The van der Waals surface area contributed by atoms with E-state index < -0.39 is 11.1 Å². The lowest BCUT2D eigenvalue weighted by molar-refractivity contribution is 0.414. The maximum atomic E-state index is 12.4. The van der Waals surface area contributed by atoms with Gasteiger partial charge in [0.2, 0.25) is 0 Å². The third kappa shape index (κ3) is 3.08. The first-order valence-electron chi connectivity index (χ1n) is 7.19. The molecule has 0 aliphatic carbocycles. The molecule has 0 saturated heterocycles. The van der Waals surface area contributed by atoms with Gasteiger partial charge in [-0.25, -0.2) is 0 Å². The van der Waals surface area contributed by atoms with Gasteiger partial charge in [0.1, 0.15) is 5.75 Å². The summed E-state index contributed by atoms with van der Waals surface area (Å²) in [5.74, 6) is 0.628. The van der Waals surface area contributed by atoms with Gasteiger partial charge in [-0.05, 0) is 17.7 Å². The van der Waals surface area contributed by atoms with Crippen molar-refractivity contribution in [3.8, 4) is 11.4 Å². The minimum absolute atomic E-state index is 0.369. The summed E-state index contributed by atoms with van der Waals surface area (Å²) in [4.78, 5) is 24.7. The second-order valence-electron chi connectivity index (χ2n) is 5.09. The number of benzene rings is 2. The molecule has 116 valence electrons. The molecule has 5 heteroatoms. The normalized spacial score (nSPS) is 10.5. The zero-order valence-electron chi connectivity index (χ0n) is 12.7. The first-order valence-corrected chi connectivity index (χ1v) is 7.19. The highest BCUT2D eigenvalue weighted by molar-refractivity contribution is 5.39. The molecule has 0 aliphatic rings. The number of hydrogen-bond donors (Lipinski definition) is 0. The Balaban J connectivity index is 2.01. The van der Waals surface area contributed by atoms with Crippen molar-refractivity contribution >= 4 is 0 Å². The van der Waals surface area contributed by atoms with E-state index in [1.54, 1.807) is 43.8 Å². The van der Waals surface area contributed by atoms with Crippen LogP contribution in [0.4, 0.5) is 0 Å². The van der Waals surface area contributed by atoms with E-state index >= 15 is 0 Å². The minimum atomic E-state index is -0.586. The number of rotatable bonds is 4. The molecule has 23 heavy (non-hydrogen) atoms. The summed E-state index contributed by atoms with van der Waals surface area (Å²) in [5.41, 5.74) is 0.419. The van der Waals surface area contributed by atoms with Crippen LogP contribution < -0.4 is 15.9 Å². The zero-order chi connectivity index (χ0) is 16.2. The van der Waals surface area contributed by atoms with E-state index in [0.717, 1.165) is 5.56 Å². The van der Waals surface area contributed by atoms with Crippen molar-refractivity contribution in [2.45, 2.75) is 6.54 Å². The molecule has 0 amide bonds. The third-order valence-corrected chi connectivity index (χ3v) is 3.59. The average molecular weight is 308 g/mol. The van der Waals surface area contributed by atoms with Crippen molar-refractivity contribution in [2.24, 2.45) is 0 Å². The highest BCUT2D eigenvalue weighted by Crippen LogP contribution is 2.14. The molecule has 0 radical (unpaired) electrons. The molecule has 0 aliphatic heterocycles. The monoisotopic (exact) mass is 308 g/mol. The Bertz CT molecular complexity index is 927. The van der Waals surface area contributed by atoms with Crippen LogP contribution in [0.2, 0.25) is 0 Å². The quantitative estimate of drug-likeness (QED) is 0.693. The lowest BCUT2D eigenvalue weighted by atomic mass is 10.2. The molecule has 5 nitrogen and oxygen atoms in total. The van der Waals surface area contributed by atoms with Crippen molar-refractivity contribution in [3.05, 3.63) is 93.3 Å². The molecule has 2 aromatic carbocycles. The van der Waals surface area contributed by atoms with Crippen LogP contribution in [0.15, 0.2) is 76.6 Å². The van der Waals surface area contributed by atoms with E-state index in [1.807, 2.05) is 30.3 Å². The fourth-order valence-electron chi connectivity index (χ4n) is 2.38. The number of aromatic nitrogens is 2. The second-order valence-corrected chi connectivity index (χ2v) is 5.09. The van der Waals surface area contributed by atoms with Gasteiger partial charge >= 0.3 is 11.1 Å². The summed E-state index contributed by atoms with van der Waals surface area (Å²) in [7, 11) is 1.56. The van der Waals surface area contributed by atoms with Gasteiger partial charge in [-0.15, -0.1) is 0 Å². The Hall–Kier alpha value is -3.08. The fraction of sp³-hybridized carbons (Fsp3) is 0.111. The molecule has 3 aromatic rings. The van der Waals surface area contributed by atoms with Gasteiger partial charge in [-0.1, -0.05) is 36.4 Å². The topological polar surface area (TPSA) is 53.2 Å².